The van der Waals surface area contributed by atoms with Crippen molar-refractivity contribution in [1.82, 2.24) is 14.7 Å². The molecule has 0 aliphatic heterocycles. The zero-order valence-corrected chi connectivity index (χ0v) is 14.5. The third-order valence-corrected chi connectivity index (χ3v) is 4.47. The van der Waals surface area contributed by atoms with Gasteiger partial charge in [-0.2, -0.15) is 5.10 Å². The number of halogens is 1. The van der Waals surface area contributed by atoms with Crippen molar-refractivity contribution >= 4 is 5.91 Å². The molecule has 1 atom stereocenters. The number of carbonyl (C=O) groups is 1. The van der Waals surface area contributed by atoms with E-state index in [2.05, 4.69) is 5.10 Å². The minimum Gasteiger partial charge on any atom is -0.327 e. The van der Waals surface area contributed by atoms with Crippen molar-refractivity contribution in [2.75, 3.05) is 0 Å². The van der Waals surface area contributed by atoms with E-state index in [1.807, 2.05) is 13.8 Å². The number of rotatable bonds is 6. The van der Waals surface area contributed by atoms with Crippen molar-refractivity contribution in [2.24, 2.45) is 0 Å². The normalized spacial score (nSPS) is 15.0. The van der Waals surface area contributed by atoms with Crippen LogP contribution in [-0.2, 0) is 6.54 Å². The lowest BCUT2D eigenvalue weighted by molar-refractivity contribution is 0.0662. The van der Waals surface area contributed by atoms with E-state index in [1.165, 1.54) is 22.9 Å². The Labute approximate surface area is 146 Å². The fourth-order valence-electron chi connectivity index (χ4n) is 3.04. The Bertz CT molecular complexity index is 829. The summed E-state index contributed by atoms with van der Waals surface area (Å²) in [6.07, 6.45) is 2.56. The molecule has 25 heavy (non-hydrogen) atoms. The maximum absolute atomic E-state index is 14.2. The van der Waals surface area contributed by atoms with Crippen molar-refractivity contribution < 1.29 is 9.18 Å². The third kappa shape index (κ3) is 3.62. The van der Waals surface area contributed by atoms with E-state index >= 15 is 0 Å². The van der Waals surface area contributed by atoms with Crippen LogP contribution in [-0.4, -0.2) is 26.6 Å². The van der Waals surface area contributed by atoms with Crippen molar-refractivity contribution in [2.45, 2.75) is 51.7 Å². The zero-order valence-electron chi connectivity index (χ0n) is 14.5. The first kappa shape index (κ1) is 17.3. The molecule has 5 nitrogen and oxygen atoms in total. The van der Waals surface area contributed by atoms with Crippen LogP contribution in [0.15, 0.2) is 41.2 Å². The summed E-state index contributed by atoms with van der Waals surface area (Å²) in [5, 5.41) is 4.21. The Hall–Kier alpha value is -2.50. The molecule has 1 amide bonds. The second-order valence-corrected chi connectivity index (χ2v) is 6.42. The average molecular weight is 343 g/mol. The molecule has 0 radical (unpaired) electrons. The molecule has 1 saturated carbocycles. The van der Waals surface area contributed by atoms with Crippen molar-refractivity contribution in [3.8, 4) is 0 Å². The molecular formula is C19H22FN3O2. The van der Waals surface area contributed by atoms with Gasteiger partial charge in [0.15, 0.2) is 0 Å². The van der Waals surface area contributed by atoms with Crippen LogP contribution in [0.5, 0.6) is 0 Å². The Morgan fingerprint density at radius 3 is 2.68 bits per heavy atom. The lowest BCUT2D eigenvalue weighted by Crippen LogP contribution is -2.37. The Morgan fingerprint density at radius 1 is 1.32 bits per heavy atom. The van der Waals surface area contributed by atoms with Gasteiger partial charge in [-0.05, 0) is 38.3 Å². The summed E-state index contributed by atoms with van der Waals surface area (Å²) in [5.41, 5.74) is 0.492. The molecule has 0 bridgehead atoms. The van der Waals surface area contributed by atoms with Gasteiger partial charge in [0, 0.05) is 24.2 Å². The second kappa shape index (κ2) is 7.17. The Morgan fingerprint density at radius 2 is 2.04 bits per heavy atom. The smallest absolute Gasteiger partial charge is 0.275 e. The zero-order chi connectivity index (χ0) is 18.0. The summed E-state index contributed by atoms with van der Waals surface area (Å²) in [4.78, 5) is 26.6. The van der Waals surface area contributed by atoms with Crippen LogP contribution in [0, 0.1) is 5.82 Å². The van der Waals surface area contributed by atoms with E-state index in [9.17, 15) is 14.0 Å². The van der Waals surface area contributed by atoms with Gasteiger partial charge in [0.05, 0.1) is 6.04 Å². The number of aromatic nitrogens is 2. The summed E-state index contributed by atoms with van der Waals surface area (Å²) in [6, 6.07) is 9.04. The molecule has 1 aromatic heterocycles. The predicted molar refractivity (Wildman–Crippen MR) is 92.8 cm³/mol. The standard InChI is InChI=1S/C19H22FN3O2/c1-3-12-22-18(24)11-10-17(21-22)19(25)23(14-8-9-14)13(2)15-6-4-5-7-16(15)20/h4-7,10-11,13-14H,3,8-9,12H2,1-2H3. The largest absolute Gasteiger partial charge is 0.327 e. The van der Waals surface area contributed by atoms with Crippen molar-refractivity contribution in [3.63, 3.8) is 0 Å². The lowest BCUT2D eigenvalue weighted by atomic mass is 10.1. The minimum atomic E-state index is -0.394. The molecule has 1 unspecified atom stereocenters. The monoisotopic (exact) mass is 343 g/mol. The molecule has 2 aromatic rings. The maximum Gasteiger partial charge on any atom is 0.275 e. The van der Waals surface area contributed by atoms with Gasteiger partial charge in [-0.25, -0.2) is 9.07 Å². The van der Waals surface area contributed by atoms with Gasteiger partial charge in [-0.1, -0.05) is 25.1 Å². The SMILES string of the molecule is CCCn1nc(C(=O)N(C2CC2)C(C)c2ccccc2F)ccc1=O. The highest BCUT2D eigenvalue weighted by molar-refractivity contribution is 5.92. The second-order valence-electron chi connectivity index (χ2n) is 6.42. The van der Waals surface area contributed by atoms with Crippen molar-refractivity contribution in [1.29, 1.82) is 0 Å². The van der Waals surface area contributed by atoms with Crippen LogP contribution in [0.2, 0.25) is 0 Å². The average Bonchev–Trinajstić information content (AvgIpc) is 3.42. The summed E-state index contributed by atoms with van der Waals surface area (Å²) in [5.74, 6) is -0.583. The van der Waals surface area contributed by atoms with Crippen molar-refractivity contribution in [3.05, 3.63) is 63.8 Å². The van der Waals surface area contributed by atoms with E-state index in [0.29, 0.717) is 12.1 Å². The highest BCUT2D eigenvalue weighted by Gasteiger charge is 2.38. The molecule has 0 saturated heterocycles. The van der Waals surface area contributed by atoms with Crippen LogP contribution in [0.1, 0.15) is 55.2 Å². The van der Waals surface area contributed by atoms with Gasteiger partial charge in [0.1, 0.15) is 11.5 Å². The molecule has 6 heteroatoms. The van der Waals surface area contributed by atoms with Crippen LogP contribution >= 0.6 is 0 Å². The van der Waals surface area contributed by atoms with Crippen LogP contribution in [0.25, 0.3) is 0 Å². The maximum atomic E-state index is 14.2. The molecule has 0 spiro atoms. The summed E-state index contributed by atoms with van der Waals surface area (Å²) in [6.45, 7) is 4.24. The Kier molecular flexibility index (Phi) is 4.97. The predicted octanol–water partition coefficient (Wildman–Crippen LogP) is 3.16. The number of hydrogen-bond donors (Lipinski definition) is 0. The van der Waals surface area contributed by atoms with Gasteiger partial charge >= 0.3 is 0 Å². The van der Waals surface area contributed by atoms with E-state index in [-0.39, 0.29) is 29.0 Å². The first-order valence-electron chi connectivity index (χ1n) is 8.68. The van der Waals surface area contributed by atoms with E-state index < -0.39 is 6.04 Å². The number of aryl methyl sites for hydroxylation is 1. The third-order valence-electron chi connectivity index (χ3n) is 4.47. The molecule has 1 aromatic carbocycles. The number of nitrogens with zero attached hydrogens (tertiary/aromatic N) is 3. The first-order valence-corrected chi connectivity index (χ1v) is 8.68. The lowest BCUT2D eigenvalue weighted by Gasteiger charge is -2.29. The van der Waals surface area contributed by atoms with E-state index in [1.54, 1.807) is 23.1 Å². The quantitative estimate of drug-likeness (QED) is 0.809. The molecular weight excluding hydrogens is 321 g/mol. The fraction of sp³-hybridized carbons (Fsp3) is 0.421. The highest BCUT2D eigenvalue weighted by atomic mass is 19.1. The van der Waals surface area contributed by atoms with Gasteiger partial charge in [-0.3, -0.25) is 9.59 Å². The van der Waals surface area contributed by atoms with Gasteiger partial charge < -0.3 is 4.90 Å². The van der Waals surface area contributed by atoms with Gasteiger partial charge in [0.2, 0.25) is 0 Å². The van der Waals surface area contributed by atoms with Gasteiger partial charge in [-0.15, -0.1) is 0 Å². The number of carbonyl (C=O) groups excluding carboxylic acids is 1. The van der Waals surface area contributed by atoms with Crippen LogP contribution in [0.3, 0.4) is 0 Å². The highest BCUT2D eigenvalue weighted by Crippen LogP contribution is 2.36. The first-order chi connectivity index (χ1) is 12.0. The van der Waals surface area contributed by atoms with Gasteiger partial charge in [0.25, 0.3) is 11.5 Å². The topological polar surface area (TPSA) is 55.2 Å². The summed E-state index contributed by atoms with van der Waals surface area (Å²) >= 11 is 0. The van der Waals surface area contributed by atoms with Crippen LogP contribution in [0.4, 0.5) is 4.39 Å². The number of benzene rings is 1. The summed E-state index contributed by atoms with van der Waals surface area (Å²) in [7, 11) is 0. The summed E-state index contributed by atoms with van der Waals surface area (Å²) < 4.78 is 15.5. The van der Waals surface area contributed by atoms with E-state index in [4.69, 9.17) is 0 Å². The Balaban J connectivity index is 1.93. The van der Waals surface area contributed by atoms with E-state index in [0.717, 1.165) is 19.3 Å². The van der Waals surface area contributed by atoms with Crippen LogP contribution < -0.4 is 5.56 Å². The molecule has 132 valence electrons. The molecule has 0 N–H and O–H groups in total. The number of hydrogen-bond acceptors (Lipinski definition) is 3. The molecule has 1 aliphatic rings. The molecule has 1 fully saturated rings. The molecule has 1 aliphatic carbocycles. The number of amides is 1. The molecule has 1 heterocycles. The fourth-order valence-corrected chi connectivity index (χ4v) is 3.04. The molecule has 3 rings (SSSR count). The minimum absolute atomic E-state index is 0.0930.